The molecule has 4 rings (SSSR count). The van der Waals surface area contributed by atoms with Gasteiger partial charge in [0, 0.05) is 22.7 Å². The molecule has 0 saturated heterocycles. The van der Waals surface area contributed by atoms with Gasteiger partial charge in [0.25, 0.3) is 0 Å². The van der Waals surface area contributed by atoms with Crippen molar-refractivity contribution in [3.8, 4) is 22.9 Å². The molecule has 0 aliphatic carbocycles. The standard InChI is InChI=1S/C31H31N3O6/c1-5-37-28(35)16-23-7-6-20(17-32)14-27(23)39-19-21-12-24-9-11-38-29(24)26(13-21)22-8-10-33-25(15-22)18-34-30(36)40-31(2,3)4/h6-15H,5,16,18-19H2,1-4H3,(H,34,36). The van der Waals surface area contributed by atoms with Crippen molar-refractivity contribution in [1.29, 1.82) is 5.26 Å². The second kappa shape index (κ2) is 12.3. The summed E-state index contributed by atoms with van der Waals surface area (Å²) < 4.78 is 22.3. The smallest absolute Gasteiger partial charge is 0.407 e. The number of nitrogens with zero attached hydrogens (tertiary/aromatic N) is 2. The Morgan fingerprint density at radius 1 is 1.10 bits per heavy atom. The number of alkyl carbamates (subject to hydrolysis) is 1. The largest absolute Gasteiger partial charge is 0.489 e. The minimum absolute atomic E-state index is 0.0397. The number of hydrogen-bond acceptors (Lipinski definition) is 8. The molecule has 1 amide bonds. The molecule has 0 saturated carbocycles. The van der Waals surface area contributed by atoms with Crippen molar-refractivity contribution in [2.24, 2.45) is 0 Å². The van der Waals surface area contributed by atoms with Crippen molar-refractivity contribution in [1.82, 2.24) is 10.3 Å². The summed E-state index contributed by atoms with van der Waals surface area (Å²) in [7, 11) is 0. The molecule has 2 heterocycles. The second-order valence-electron chi connectivity index (χ2n) is 10.1. The van der Waals surface area contributed by atoms with Gasteiger partial charge in [0.15, 0.2) is 0 Å². The number of hydrogen-bond donors (Lipinski definition) is 1. The molecule has 206 valence electrons. The van der Waals surface area contributed by atoms with Gasteiger partial charge >= 0.3 is 12.1 Å². The summed E-state index contributed by atoms with van der Waals surface area (Å²) in [6.07, 6.45) is 2.82. The van der Waals surface area contributed by atoms with Crippen LogP contribution in [0.25, 0.3) is 22.1 Å². The van der Waals surface area contributed by atoms with Crippen LogP contribution >= 0.6 is 0 Å². The Kier molecular flexibility index (Phi) is 8.70. The third-order valence-corrected chi connectivity index (χ3v) is 5.78. The summed E-state index contributed by atoms with van der Waals surface area (Å²) >= 11 is 0. The van der Waals surface area contributed by atoms with E-state index >= 15 is 0 Å². The SMILES string of the molecule is CCOC(=O)Cc1ccc(C#N)cc1OCc1cc(-c2ccnc(CNC(=O)OC(C)(C)C)c2)c2occc2c1. The van der Waals surface area contributed by atoms with Gasteiger partial charge in [-0.25, -0.2) is 4.79 Å². The first kappa shape index (κ1) is 28.2. The number of fused-ring (bicyclic) bond motifs is 1. The maximum Gasteiger partial charge on any atom is 0.407 e. The van der Waals surface area contributed by atoms with Crippen LogP contribution in [0.15, 0.2) is 65.4 Å². The van der Waals surface area contributed by atoms with E-state index in [1.807, 2.05) is 30.3 Å². The van der Waals surface area contributed by atoms with E-state index in [2.05, 4.69) is 16.4 Å². The normalized spacial score (nSPS) is 11.1. The molecule has 0 unspecified atom stereocenters. The minimum Gasteiger partial charge on any atom is -0.489 e. The molecular weight excluding hydrogens is 510 g/mol. The Balaban J connectivity index is 1.57. The first-order valence-electron chi connectivity index (χ1n) is 12.9. The highest BCUT2D eigenvalue weighted by molar-refractivity contribution is 5.93. The van der Waals surface area contributed by atoms with E-state index in [-0.39, 0.29) is 32.1 Å². The van der Waals surface area contributed by atoms with Gasteiger partial charge in [0.1, 0.15) is 23.5 Å². The summed E-state index contributed by atoms with van der Waals surface area (Å²) in [6.45, 7) is 7.84. The highest BCUT2D eigenvalue weighted by atomic mass is 16.6. The van der Waals surface area contributed by atoms with Gasteiger partial charge in [0.2, 0.25) is 0 Å². The van der Waals surface area contributed by atoms with Crippen molar-refractivity contribution >= 4 is 23.0 Å². The van der Waals surface area contributed by atoms with E-state index < -0.39 is 11.7 Å². The summed E-state index contributed by atoms with van der Waals surface area (Å²) in [6, 6.07) is 16.6. The van der Waals surface area contributed by atoms with E-state index in [0.29, 0.717) is 28.2 Å². The third-order valence-electron chi connectivity index (χ3n) is 5.78. The number of furan rings is 1. The molecule has 0 radical (unpaired) electrons. The average Bonchev–Trinajstić information content (AvgIpc) is 3.39. The van der Waals surface area contributed by atoms with Gasteiger partial charge in [-0.3, -0.25) is 9.78 Å². The molecule has 40 heavy (non-hydrogen) atoms. The number of aromatic nitrogens is 1. The zero-order chi connectivity index (χ0) is 28.7. The number of benzene rings is 2. The Labute approximate surface area is 232 Å². The molecule has 1 N–H and O–H groups in total. The molecule has 4 aromatic rings. The van der Waals surface area contributed by atoms with Gasteiger partial charge in [-0.05, 0) is 81.3 Å². The van der Waals surface area contributed by atoms with Gasteiger partial charge < -0.3 is 23.9 Å². The van der Waals surface area contributed by atoms with Gasteiger partial charge in [0.05, 0.1) is 43.2 Å². The first-order valence-corrected chi connectivity index (χ1v) is 12.9. The number of amides is 1. The highest BCUT2D eigenvalue weighted by Gasteiger charge is 2.17. The quantitative estimate of drug-likeness (QED) is 0.253. The molecular formula is C31H31N3O6. The lowest BCUT2D eigenvalue weighted by Crippen LogP contribution is -2.32. The van der Waals surface area contributed by atoms with Gasteiger partial charge in [-0.2, -0.15) is 5.26 Å². The zero-order valence-electron chi connectivity index (χ0n) is 22.9. The first-order chi connectivity index (χ1) is 19.1. The monoisotopic (exact) mass is 541 g/mol. The number of rotatable bonds is 9. The molecule has 2 aromatic carbocycles. The van der Waals surface area contributed by atoms with Crippen molar-refractivity contribution in [3.63, 3.8) is 0 Å². The van der Waals surface area contributed by atoms with Crippen LogP contribution in [-0.2, 0) is 33.8 Å². The summed E-state index contributed by atoms with van der Waals surface area (Å²) in [5.41, 5.74) is 4.38. The van der Waals surface area contributed by atoms with Gasteiger partial charge in [-0.15, -0.1) is 0 Å². The Bertz CT molecular complexity index is 1560. The van der Waals surface area contributed by atoms with E-state index in [1.165, 1.54) is 0 Å². The fraction of sp³-hybridized carbons (Fsp3) is 0.290. The molecule has 0 atom stereocenters. The van der Waals surface area contributed by atoms with E-state index in [4.69, 9.17) is 18.6 Å². The molecule has 0 fully saturated rings. The fourth-order valence-corrected chi connectivity index (χ4v) is 4.09. The van der Waals surface area contributed by atoms with Crippen LogP contribution in [0.4, 0.5) is 4.79 Å². The van der Waals surface area contributed by atoms with Crippen LogP contribution < -0.4 is 10.1 Å². The van der Waals surface area contributed by atoms with E-state index in [1.54, 1.807) is 58.4 Å². The predicted octanol–water partition coefficient (Wildman–Crippen LogP) is 6.08. The highest BCUT2D eigenvalue weighted by Crippen LogP contribution is 2.32. The average molecular weight is 542 g/mol. The van der Waals surface area contributed by atoms with Crippen molar-refractivity contribution in [3.05, 3.63) is 83.4 Å². The van der Waals surface area contributed by atoms with E-state index in [0.717, 1.165) is 22.1 Å². The number of esters is 1. The van der Waals surface area contributed by atoms with E-state index in [9.17, 15) is 14.9 Å². The zero-order valence-corrected chi connectivity index (χ0v) is 22.9. The predicted molar refractivity (Wildman–Crippen MR) is 148 cm³/mol. The Hall–Kier alpha value is -4.84. The lowest BCUT2D eigenvalue weighted by Gasteiger charge is -2.19. The summed E-state index contributed by atoms with van der Waals surface area (Å²) in [5, 5.41) is 13.0. The van der Waals surface area contributed by atoms with Crippen LogP contribution in [0.5, 0.6) is 5.75 Å². The third kappa shape index (κ3) is 7.38. The van der Waals surface area contributed by atoms with Crippen molar-refractivity contribution in [2.45, 2.75) is 52.9 Å². The van der Waals surface area contributed by atoms with Crippen LogP contribution in [0.3, 0.4) is 0 Å². The second-order valence-corrected chi connectivity index (χ2v) is 10.1. The molecule has 9 nitrogen and oxygen atoms in total. The number of carbonyl (C=O) groups excluding carboxylic acids is 2. The van der Waals surface area contributed by atoms with Crippen LogP contribution in [0.1, 0.15) is 50.1 Å². The number of ether oxygens (including phenoxy) is 3. The lowest BCUT2D eigenvalue weighted by atomic mass is 10.0. The lowest BCUT2D eigenvalue weighted by molar-refractivity contribution is -0.142. The van der Waals surface area contributed by atoms with Gasteiger partial charge in [-0.1, -0.05) is 6.07 Å². The van der Waals surface area contributed by atoms with Crippen molar-refractivity contribution in [2.75, 3.05) is 6.61 Å². The maximum atomic E-state index is 12.1. The van der Waals surface area contributed by atoms with Crippen LogP contribution in [0, 0.1) is 11.3 Å². The Morgan fingerprint density at radius 3 is 2.67 bits per heavy atom. The number of pyridine rings is 1. The fourth-order valence-electron chi connectivity index (χ4n) is 4.09. The minimum atomic E-state index is -0.595. The number of carbonyl (C=O) groups is 2. The molecule has 0 bridgehead atoms. The number of nitriles is 1. The molecule has 0 aliphatic heterocycles. The van der Waals surface area contributed by atoms with Crippen molar-refractivity contribution < 1.29 is 28.2 Å². The number of nitrogens with one attached hydrogen (secondary N) is 1. The summed E-state index contributed by atoms with van der Waals surface area (Å²) in [5.74, 6) is 0.0779. The molecule has 9 heteroatoms. The van der Waals surface area contributed by atoms with Crippen LogP contribution in [0.2, 0.25) is 0 Å². The topological polar surface area (TPSA) is 124 Å². The molecule has 0 aliphatic rings. The molecule has 2 aromatic heterocycles. The Morgan fingerprint density at radius 2 is 1.93 bits per heavy atom. The van der Waals surface area contributed by atoms with Crippen LogP contribution in [-0.4, -0.2) is 29.3 Å². The summed E-state index contributed by atoms with van der Waals surface area (Å²) in [4.78, 5) is 28.6. The molecule has 0 spiro atoms. The maximum absolute atomic E-state index is 12.1.